The minimum Gasteiger partial charge on any atom is -0.486 e. The Morgan fingerprint density at radius 2 is 1.77 bits per heavy atom. The van der Waals surface area contributed by atoms with Crippen molar-refractivity contribution in [2.24, 2.45) is 0 Å². The second kappa shape index (κ2) is 9.51. The van der Waals surface area contributed by atoms with Gasteiger partial charge in [0.2, 0.25) is 15.9 Å². The highest BCUT2D eigenvalue weighted by Gasteiger charge is 2.26. The van der Waals surface area contributed by atoms with E-state index in [1.807, 2.05) is 24.3 Å². The number of morpholine rings is 1. The van der Waals surface area contributed by atoms with Crippen LogP contribution in [0.15, 0.2) is 59.5 Å². The van der Waals surface area contributed by atoms with Crippen LogP contribution < -0.4 is 14.8 Å². The Labute approximate surface area is 181 Å². The Bertz CT molecular complexity index is 1050. The number of ether oxygens (including phenoxy) is 3. The first kappa shape index (κ1) is 21.4. The van der Waals surface area contributed by atoms with E-state index in [4.69, 9.17) is 14.2 Å². The number of para-hydroxylation sites is 2. The van der Waals surface area contributed by atoms with E-state index in [9.17, 15) is 13.2 Å². The molecule has 31 heavy (non-hydrogen) atoms. The van der Waals surface area contributed by atoms with Crippen molar-refractivity contribution in [2.75, 3.05) is 39.5 Å². The van der Waals surface area contributed by atoms with Gasteiger partial charge in [0.05, 0.1) is 24.7 Å². The molecule has 1 N–H and O–H groups in total. The summed E-state index contributed by atoms with van der Waals surface area (Å²) in [7, 11) is -3.53. The molecule has 1 amide bonds. The molecule has 4 rings (SSSR count). The summed E-state index contributed by atoms with van der Waals surface area (Å²) in [6.45, 7) is 2.19. The molecule has 1 fully saturated rings. The maximum absolute atomic E-state index is 12.6. The fourth-order valence-corrected chi connectivity index (χ4v) is 4.70. The lowest BCUT2D eigenvalue weighted by molar-refractivity contribution is -0.116. The second-order valence-electron chi connectivity index (χ2n) is 7.16. The molecule has 164 valence electrons. The summed E-state index contributed by atoms with van der Waals surface area (Å²) < 4.78 is 43.4. The smallest absolute Gasteiger partial charge is 0.244 e. The van der Waals surface area contributed by atoms with Crippen molar-refractivity contribution in [3.63, 3.8) is 0 Å². The van der Waals surface area contributed by atoms with Crippen molar-refractivity contribution in [1.29, 1.82) is 0 Å². The first-order chi connectivity index (χ1) is 15.0. The third kappa shape index (κ3) is 5.25. The summed E-state index contributed by atoms with van der Waals surface area (Å²) in [5.74, 6) is 1.09. The quantitative estimate of drug-likeness (QED) is 0.682. The summed E-state index contributed by atoms with van der Waals surface area (Å²) in [6.07, 6.45) is 2.77. The van der Waals surface area contributed by atoms with Gasteiger partial charge in [-0.05, 0) is 35.9 Å². The molecular weight excluding hydrogens is 420 g/mol. The Morgan fingerprint density at radius 1 is 1.06 bits per heavy atom. The molecule has 0 aromatic heterocycles. The number of sulfonamides is 1. The van der Waals surface area contributed by atoms with Crippen molar-refractivity contribution in [3.8, 4) is 11.5 Å². The fourth-order valence-electron chi connectivity index (χ4n) is 3.30. The van der Waals surface area contributed by atoms with Gasteiger partial charge in [-0.3, -0.25) is 4.79 Å². The van der Waals surface area contributed by atoms with Crippen molar-refractivity contribution in [3.05, 3.63) is 60.2 Å². The minimum atomic E-state index is -3.53. The van der Waals surface area contributed by atoms with Crippen molar-refractivity contribution >= 4 is 22.0 Å². The summed E-state index contributed by atoms with van der Waals surface area (Å²) in [5, 5.41) is 2.79. The molecular formula is C22H24N2O6S. The van der Waals surface area contributed by atoms with E-state index in [-0.39, 0.29) is 16.9 Å². The lowest BCUT2D eigenvalue weighted by Gasteiger charge is -2.26. The summed E-state index contributed by atoms with van der Waals surface area (Å²) in [6, 6.07) is 13.8. The van der Waals surface area contributed by atoms with Gasteiger partial charge in [0, 0.05) is 19.2 Å². The highest BCUT2D eigenvalue weighted by atomic mass is 32.2. The molecule has 0 spiro atoms. The van der Waals surface area contributed by atoms with Gasteiger partial charge in [0.1, 0.15) is 12.7 Å². The van der Waals surface area contributed by atoms with Gasteiger partial charge >= 0.3 is 0 Å². The van der Waals surface area contributed by atoms with Gasteiger partial charge in [-0.15, -0.1) is 0 Å². The van der Waals surface area contributed by atoms with E-state index in [1.165, 1.54) is 10.4 Å². The van der Waals surface area contributed by atoms with Crippen LogP contribution in [0.25, 0.3) is 6.08 Å². The molecule has 1 saturated heterocycles. The van der Waals surface area contributed by atoms with E-state index in [2.05, 4.69) is 5.32 Å². The monoisotopic (exact) mass is 444 g/mol. The SMILES string of the molecule is O=C(/C=C/c1ccc(S(=O)(=O)N2CCOCC2)cc1)NC[C@H]1COc2ccccc2O1. The topological polar surface area (TPSA) is 94.2 Å². The number of amides is 1. The zero-order valence-corrected chi connectivity index (χ0v) is 17.7. The van der Waals surface area contributed by atoms with Crippen molar-refractivity contribution < 1.29 is 27.4 Å². The van der Waals surface area contributed by atoms with Gasteiger partial charge < -0.3 is 19.5 Å². The maximum Gasteiger partial charge on any atom is 0.244 e. The number of hydrogen-bond acceptors (Lipinski definition) is 6. The Hall–Kier alpha value is -2.88. The van der Waals surface area contributed by atoms with E-state index < -0.39 is 10.0 Å². The van der Waals surface area contributed by atoms with Crippen molar-refractivity contribution in [2.45, 2.75) is 11.0 Å². The summed E-state index contributed by atoms with van der Waals surface area (Å²) in [5.41, 5.74) is 0.724. The van der Waals surface area contributed by atoms with Crippen LogP contribution in [0.1, 0.15) is 5.56 Å². The van der Waals surface area contributed by atoms with Crippen LogP contribution in [0, 0.1) is 0 Å². The van der Waals surface area contributed by atoms with Crippen LogP contribution in [0.4, 0.5) is 0 Å². The van der Waals surface area contributed by atoms with E-state index in [1.54, 1.807) is 30.3 Å². The molecule has 2 aliphatic heterocycles. The number of rotatable bonds is 6. The lowest BCUT2D eigenvalue weighted by Crippen LogP contribution is -2.40. The number of hydrogen-bond donors (Lipinski definition) is 1. The van der Waals surface area contributed by atoms with Crippen LogP contribution in [-0.2, 0) is 19.6 Å². The lowest BCUT2D eigenvalue weighted by atomic mass is 10.2. The maximum atomic E-state index is 12.6. The number of fused-ring (bicyclic) bond motifs is 1. The summed E-state index contributed by atoms with van der Waals surface area (Å²) >= 11 is 0. The highest BCUT2D eigenvalue weighted by molar-refractivity contribution is 7.89. The largest absolute Gasteiger partial charge is 0.486 e. The predicted octanol–water partition coefficient (Wildman–Crippen LogP) is 1.68. The molecule has 9 heteroatoms. The van der Waals surface area contributed by atoms with Crippen LogP contribution >= 0.6 is 0 Å². The highest BCUT2D eigenvalue weighted by Crippen LogP contribution is 2.30. The normalized spacial score (nSPS) is 19.3. The summed E-state index contributed by atoms with van der Waals surface area (Å²) in [4.78, 5) is 12.4. The number of carbonyl (C=O) groups excluding carboxylic acids is 1. The Balaban J connectivity index is 1.29. The second-order valence-corrected chi connectivity index (χ2v) is 9.10. The van der Waals surface area contributed by atoms with Gasteiger partial charge in [0.25, 0.3) is 0 Å². The molecule has 2 aromatic rings. The average molecular weight is 445 g/mol. The van der Waals surface area contributed by atoms with E-state index >= 15 is 0 Å². The zero-order valence-electron chi connectivity index (χ0n) is 16.9. The average Bonchev–Trinajstić information content (AvgIpc) is 2.82. The molecule has 0 unspecified atom stereocenters. The third-order valence-electron chi connectivity index (χ3n) is 4.99. The van der Waals surface area contributed by atoms with E-state index in [0.29, 0.717) is 51.0 Å². The van der Waals surface area contributed by atoms with Gasteiger partial charge in [-0.1, -0.05) is 24.3 Å². The predicted molar refractivity (Wildman–Crippen MR) is 114 cm³/mol. The molecule has 0 aliphatic carbocycles. The standard InChI is InChI=1S/C22H24N2O6S/c25-22(23-15-18-16-29-20-3-1-2-4-21(20)30-18)10-7-17-5-8-19(9-6-17)31(26,27)24-11-13-28-14-12-24/h1-10,18H,11-16H2,(H,23,25)/b10-7+/t18-/m0/s1. The number of nitrogens with zero attached hydrogens (tertiary/aromatic N) is 1. The first-order valence-electron chi connectivity index (χ1n) is 10.0. The van der Waals surface area contributed by atoms with Crippen LogP contribution in [0.3, 0.4) is 0 Å². The Kier molecular flexibility index (Phi) is 6.55. The zero-order chi connectivity index (χ0) is 21.7. The molecule has 0 radical (unpaired) electrons. The minimum absolute atomic E-state index is 0.228. The van der Waals surface area contributed by atoms with Crippen LogP contribution in [-0.4, -0.2) is 64.2 Å². The number of nitrogens with one attached hydrogen (secondary N) is 1. The molecule has 2 aliphatic rings. The van der Waals surface area contributed by atoms with Crippen LogP contribution in [0.5, 0.6) is 11.5 Å². The van der Waals surface area contributed by atoms with Gasteiger partial charge in [-0.25, -0.2) is 8.42 Å². The van der Waals surface area contributed by atoms with E-state index in [0.717, 1.165) is 5.56 Å². The Morgan fingerprint density at radius 3 is 2.52 bits per heavy atom. The molecule has 0 saturated carbocycles. The molecule has 2 aromatic carbocycles. The van der Waals surface area contributed by atoms with Gasteiger partial charge in [0.15, 0.2) is 11.5 Å². The first-order valence-corrected chi connectivity index (χ1v) is 11.5. The molecule has 1 atom stereocenters. The van der Waals surface area contributed by atoms with Crippen LogP contribution in [0.2, 0.25) is 0 Å². The molecule has 2 heterocycles. The van der Waals surface area contributed by atoms with Gasteiger partial charge in [-0.2, -0.15) is 4.31 Å². The molecule has 8 nitrogen and oxygen atoms in total. The fraction of sp³-hybridized carbons (Fsp3) is 0.318. The number of benzene rings is 2. The third-order valence-corrected chi connectivity index (χ3v) is 6.90. The molecule has 0 bridgehead atoms. The van der Waals surface area contributed by atoms with Crippen molar-refractivity contribution in [1.82, 2.24) is 9.62 Å². The number of carbonyl (C=O) groups is 1.